The SMILES string of the molecule is CC(Oc1ccc(F)c(F)c1)C(=O)N1Cc2ccccc2CC1C(=O)O. The highest BCUT2D eigenvalue weighted by Gasteiger charge is 2.36. The van der Waals surface area contributed by atoms with Crippen molar-refractivity contribution in [3.63, 3.8) is 0 Å². The Hall–Kier alpha value is -2.96. The summed E-state index contributed by atoms with van der Waals surface area (Å²) < 4.78 is 31.7. The summed E-state index contributed by atoms with van der Waals surface area (Å²) in [6.45, 7) is 1.60. The van der Waals surface area contributed by atoms with E-state index >= 15 is 0 Å². The molecular weight excluding hydrogens is 344 g/mol. The van der Waals surface area contributed by atoms with Crippen molar-refractivity contribution in [3.8, 4) is 5.75 Å². The van der Waals surface area contributed by atoms with Crippen LogP contribution in [0.5, 0.6) is 5.75 Å². The molecule has 1 N–H and O–H groups in total. The number of rotatable bonds is 4. The fourth-order valence-electron chi connectivity index (χ4n) is 3.01. The summed E-state index contributed by atoms with van der Waals surface area (Å²) in [6, 6.07) is 9.28. The highest BCUT2D eigenvalue weighted by molar-refractivity contribution is 5.87. The lowest BCUT2D eigenvalue weighted by Crippen LogP contribution is -2.52. The zero-order valence-corrected chi connectivity index (χ0v) is 14.0. The number of fused-ring (bicyclic) bond motifs is 1. The predicted octanol–water partition coefficient (Wildman–Crippen LogP) is 2.77. The van der Waals surface area contributed by atoms with Crippen LogP contribution in [-0.4, -0.2) is 34.0 Å². The Bertz CT molecular complexity index is 855. The Balaban J connectivity index is 1.80. The van der Waals surface area contributed by atoms with E-state index in [2.05, 4.69) is 0 Å². The zero-order chi connectivity index (χ0) is 18.8. The number of benzene rings is 2. The van der Waals surface area contributed by atoms with Crippen LogP contribution in [0, 0.1) is 11.6 Å². The molecule has 0 aromatic heterocycles. The molecule has 0 fully saturated rings. The van der Waals surface area contributed by atoms with Crippen LogP contribution in [0.15, 0.2) is 42.5 Å². The Labute approximate surface area is 148 Å². The first kappa shape index (κ1) is 17.8. The third kappa shape index (κ3) is 3.51. The van der Waals surface area contributed by atoms with Gasteiger partial charge in [-0.15, -0.1) is 0 Å². The number of carboxylic acids is 1. The molecule has 3 rings (SSSR count). The number of carbonyl (C=O) groups is 2. The van der Waals surface area contributed by atoms with Gasteiger partial charge in [-0.2, -0.15) is 0 Å². The number of amides is 1. The smallest absolute Gasteiger partial charge is 0.326 e. The van der Waals surface area contributed by atoms with E-state index in [0.29, 0.717) is 0 Å². The molecule has 2 aromatic rings. The van der Waals surface area contributed by atoms with Crippen LogP contribution < -0.4 is 4.74 Å². The first-order chi connectivity index (χ1) is 12.4. The summed E-state index contributed by atoms with van der Waals surface area (Å²) in [5.41, 5.74) is 1.76. The van der Waals surface area contributed by atoms with Crippen molar-refractivity contribution in [1.29, 1.82) is 0 Å². The fraction of sp³-hybridized carbons (Fsp3) is 0.263. The second-order valence-electron chi connectivity index (χ2n) is 6.13. The average Bonchev–Trinajstić information content (AvgIpc) is 2.63. The van der Waals surface area contributed by atoms with Crippen LogP contribution in [0.3, 0.4) is 0 Å². The zero-order valence-electron chi connectivity index (χ0n) is 14.0. The molecular formula is C19H17F2NO4. The Morgan fingerprint density at radius 1 is 1.15 bits per heavy atom. The number of carboxylic acid groups (broad SMARTS) is 1. The topological polar surface area (TPSA) is 66.8 Å². The lowest BCUT2D eigenvalue weighted by atomic mass is 9.93. The van der Waals surface area contributed by atoms with Crippen LogP contribution in [0.2, 0.25) is 0 Å². The number of halogens is 2. The molecule has 0 aliphatic carbocycles. The molecule has 0 saturated carbocycles. The number of nitrogens with zero attached hydrogens (tertiary/aromatic N) is 1. The molecule has 136 valence electrons. The van der Waals surface area contributed by atoms with Crippen LogP contribution in [0.25, 0.3) is 0 Å². The van der Waals surface area contributed by atoms with E-state index in [-0.39, 0.29) is 18.7 Å². The Kier molecular flexibility index (Phi) is 4.88. The van der Waals surface area contributed by atoms with E-state index in [9.17, 15) is 23.5 Å². The second-order valence-corrected chi connectivity index (χ2v) is 6.13. The molecule has 5 nitrogen and oxygen atoms in total. The van der Waals surface area contributed by atoms with Crippen LogP contribution in [0.4, 0.5) is 8.78 Å². The highest BCUT2D eigenvalue weighted by atomic mass is 19.2. The quantitative estimate of drug-likeness (QED) is 0.909. The molecule has 0 bridgehead atoms. The number of hydrogen-bond donors (Lipinski definition) is 1. The third-order valence-electron chi connectivity index (χ3n) is 4.37. The van der Waals surface area contributed by atoms with Crippen molar-refractivity contribution >= 4 is 11.9 Å². The van der Waals surface area contributed by atoms with Gasteiger partial charge in [0.2, 0.25) is 0 Å². The molecule has 26 heavy (non-hydrogen) atoms. The summed E-state index contributed by atoms with van der Waals surface area (Å²) >= 11 is 0. The lowest BCUT2D eigenvalue weighted by Gasteiger charge is -2.35. The van der Waals surface area contributed by atoms with E-state index in [4.69, 9.17) is 4.74 Å². The number of ether oxygens (including phenoxy) is 1. The van der Waals surface area contributed by atoms with Gasteiger partial charge in [0, 0.05) is 19.0 Å². The van der Waals surface area contributed by atoms with Crippen LogP contribution >= 0.6 is 0 Å². The lowest BCUT2D eigenvalue weighted by molar-refractivity contribution is -0.154. The van der Waals surface area contributed by atoms with Gasteiger partial charge in [0.05, 0.1) is 0 Å². The number of aliphatic carboxylic acids is 1. The summed E-state index contributed by atoms with van der Waals surface area (Å²) in [5.74, 6) is -3.74. The summed E-state index contributed by atoms with van der Waals surface area (Å²) in [4.78, 5) is 25.6. The monoisotopic (exact) mass is 361 g/mol. The van der Waals surface area contributed by atoms with Gasteiger partial charge in [-0.1, -0.05) is 24.3 Å². The Morgan fingerprint density at radius 2 is 1.85 bits per heavy atom. The van der Waals surface area contributed by atoms with Gasteiger partial charge >= 0.3 is 5.97 Å². The fourth-order valence-corrected chi connectivity index (χ4v) is 3.01. The first-order valence-corrected chi connectivity index (χ1v) is 8.08. The normalized spacial score (nSPS) is 17.3. The summed E-state index contributed by atoms with van der Waals surface area (Å²) in [6.07, 6.45) is -0.846. The van der Waals surface area contributed by atoms with E-state index in [0.717, 1.165) is 23.3 Å². The highest BCUT2D eigenvalue weighted by Crippen LogP contribution is 2.25. The summed E-state index contributed by atoms with van der Waals surface area (Å²) in [5, 5.41) is 9.50. The maximum absolute atomic E-state index is 13.3. The van der Waals surface area contributed by atoms with E-state index in [1.165, 1.54) is 17.9 Å². The third-order valence-corrected chi connectivity index (χ3v) is 4.37. The summed E-state index contributed by atoms with van der Waals surface area (Å²) in [7, 11) is 0. The van der Waals surface area contributed by atoms with Crippen molar-refractivity contribution in [1.82, 2.24) is 4.90 Å². The molecule has 2 unspecified atom stereocenters. The largest absolute Gasteiger partial charge is 0.481 e. The maximum Gasteiger partial charge on any atom is 0.326 e. The van der Waals surface area contributed by atoms with Crippen LogP contribution in [-0.2, 0) is 22.6 Å². The van der Waals surface area contributed by atoms with E-state index < -0.39 is 35.7 Å². The molecule has 0 radical (unpaired) electrons. The van der Waals surface area contributed by atoms with E-state index in [1.807, 2.05) is 24.3 Å². The minimum atomic E-state index is -1.10. The standard InChI is InChI=1S/C19H17F2NO4/c1-11(26-14-6-7-15(20)16(21)9-14)18(23)22-10-13-5-3-2-4-12(13)8-17(22)19(24)25/h2-7,9,11,17H,8,10H2,1H3,(H,24,25). The van der Waals surface area contributed by atoms with Crippen LogP contribution in [0.1, 0.15) is 18.1 Å². The first-order valence-electron chi connectivity index (χ1n) is 8.08. The van der Waals surface area contributed by atoms with Crippen molar-refractivity contribution in [3.05, 3.63) is 65.2 Å². The van der Waals surface area contributed by atoms with Gasteiger partial charge in [-0.25, -0.2) is 13.6 Å². The van der Waals surface area contributed by atoms with Crippen molar-refractivity contribution in [2.45, 2.75) is 32.0 Å². The molecule has 1 amide bonds. The molecule has 1 heterocycles. The van der Waals surface area contributed by atoms with Crippen molar-refractivity contribution < 1.29 is 28.2 Å². The molecule has 2 atom stereocenters. The number of hydrogen-bond acceptors (Lipinski definition) is 3. The molecule has 0 spiro atoms. The maximum atomic E-state index is 13.3. The molecule has 1 aliphatic heterocycles. The number of carbonyl (C=O) groups excluding carboxylic acids is 1. The van der Waals surface area contributed by atoms with Gasteiger partial charge in [-0.3, -0.25) is 4.79 Å². The van der Waals surface area contributed by atoms with Gasteiger partial charge in [-0.05, 0) is 30.2 Å². The predicted molar refractivity (Wildman–Crippen MR) is 88.6 cm³/mol. The molecule has 0 saturated heterocycles. The van der Waals surface area contributed by atoms with Crippen molar-refractivity contribution in [2.75, 3.05) is 0 Å². The Morgan fingerprint density at radius 3 is 2.50 bits per heavy atom. The van der Waals surface area contributed by atoms with Crippen molar-refractivity contribution in [2.24, 2.45) is 0 Å². The second kappa shape index (κ2) is 7.11. The van der Waals surface area contributed by atoms with Gasteiger partial charge in [0.1, 0.15) is 11.8 Å². The van der Waals surface area contributed by atoms with E-state index in [1.54, 1.807) is 0 Å². The minimum absolute atomic E-state index is 0.00552. The van der Waals surface area contributed by atoms with Gasteiger partial charge in [0.15, 0.2) is 17.7 Å². The average molecular weight is 361 g/mol. The molecule has 2 aromatic carbocycles. The minimum Gasteiger partial charge on any atom is -0.481 e. The van der Waals surface area contributed by atoms with Gasteiger partial charge in [0.25, 0.3) is 5.91 Å². The molecule has 7 heteroatoms. The van der Waals surface area contributed by atoms with Gasteiger partial charge < -0.3 is 14.7 Å². The molecule has 1 aliphatic rings.